The fraction of sp³-hybridized carbons (Fsp3) is 0.400. The fourth-order valence-electron chi connectivity index (χ4n) is 3.08. The van der Waals surface area contributed by atoms with Crippen LogP contribution in [0, 0.1) is 0 Å². The predicted molar refractivity (Wildman–Crippen MR) is 117 cm³/mol. The number of hydrogen-bond acceptors (Lipinski definition) is 4. The Hall–Kier alpha value is -1.31. The summed E-state index contributed by atoms with van der Waals surface area (Å²) >= 11 is 0. The monoisotopic (exact) mass is 458 g/mol. The van der Waals surface area contributed by atoms with Gasteiger partial charge in [-0.3, -0.25) is 9.11 Å². The molecule has 0 amide bonds. The van der Waals surface area contributed by atoms with E-state index in [2.05, 4.69) is 6.92 Å². The third kappa shape index (κ3) is 7.46. The van der Waals surface area contributed by atoms with Crippen LogP contribution < -0.4 is 10.6 Å². The lowest BCUT2D eigenvalue weighted by molar-refractivity contribution is 0.481. The third-order valence-corrected chi connectivity index (χ3v) is 8.86. The van der Waals surface area contributed by atoms with E-state index >= 15 is 0 Å². The van der Waals surface area contributed by atoms with Crippen molar-refractivity contribution in [1.82, 2.24) is 0 Å². The first-order valence-corrected chi connectivity index (χ1v) is 14.0. The summed E-state index contributed by atoms with van der Waals surface area (Å²) in [5, 5.41) is 1.47. The second-order valence-corrected chi connectivity index (χ2v) is 12.0. The van der Waals surface area contributed by atoms with Gasteiger partial charge in [-0.25, -0.2) is 0 Å². The lowest BCUT2D eigenvalue weighted by atomic mass is 10.1. The Morgan fingerprint density at radius 1 is 0.724 bits per heavy atom. The summed E-state index contributed by atoms with van der Waals surface area (Å²) in [5.41, 5.74) is 0. The fourth-order valence-corrected chi connectivity index (χ4v) is 6.79. The van der Waals surface area contributed by atoms with E-state index in [1.54, 1.807) is 24.3 Å². The van der Waals surface area contributed by atoms with Crippen LogP contribution in [0.1, 0.15) is 45.4 Å². The van der Waals surface area contributed by atoms with E-state index in [-0.39, 0.29) is 9.79 Å². The molecule has 0 aliphatic carbocycles. The lowest BCUT2D eigenvalue weighted by Crippen LogP contribution is -2.17. The van der Waals surface area contributed by atoms with Gasteiger partial charge < -0.3 is 0 Å². The summed E-state index contributed by atoms with van der Waals surface area (Å²) in [4.78, 5) is -0.368. The van der Waals surface area contributed by atoms with Gasteiger partial charge >= 0.3 is 0 Å². The van der Waals surface area contributed by atoms with Crippen LogP contribution >= 0.6 is 7.92 Å². The zero-order valence-corrected chi connectivity index (χ0v) is 18.9. The number of unbranched alkanes of at least 4 members (excludes halogenated alkanes) is 5. The molecule has 0 aliphatic heterocycles. The van der Waals surface area contributed by atoms with E-state index < -0.39 is 28.2 Å². The summed E-state index contributed by atoms with van der Waals surface area (Å²) in [6, 6.07) is 12.3. The molecule has 2 N–H and O–H groups in total. The Labute approximate surface area is 174 Å². The van der Waals surface area contributed by atoms with Gasteiger partial charge in [0.1, 0.15) is 0 Å². The summed E-state index contributed by atoms with van der Waals surface area (Å²) in [7, 11) is -9.72. The maximum Gasteiger partial charge on any atom is 0.294 e. The average molecular weight is 459 g/mol. The SMILES string of the molecule is CCCCCCCCP(c1cccc(S(=O)(=O)O)c1)c1cccc(S(=O)(=O)O)c1. The third-order valence-electron chi connectivity index (χ3n) is 4.59. The van der Waals surface area contributed by atoms with Crippen molar-refractivity contribution in [2.24, 2.45) is 0 Å². The lowest BCUT2D eigenvalue weighted by Gasteiger charge is -2.20. The van der Waals surface area contributed by atoms with Crippen LogP contribution in [0.25, 0.3) is 0 Å². The molecule has 0 aromatic heterocycles. The van der Waals surface area contributed by atoms with Crippen molar-refractivity contribution >= 4 is 38.8 Å². The highest BCUT2D eigenvalue weighted by Gasteiger charge is 2.19. The van der Waals surface area contributed by atoms with E-state index in [4.69, 9.17) is 0 Å². The van der Waals surface area contributed by atoms with Gasteiger partial charge in [0, 0.05) is 0 Å². The highest BCUT2D eigenvalue weighted by atomic mass is 32.2. The minimum Gasteiger partial charge on any atom is -0.282 e. The molecule has 9 heteroatoms. The molecular weight excluding hydrogens is 431 g/mol. The molecule has 0 fully saturated rings. The normalized spacial score (nSPS) is 12.4. The molecule has 0 atom stereocenters. The van der Waals surface area contributed by atoms with Gasteiger partial charge in [0.05, 0.1) is 9.79 Å². The van der Waals surface area contributed by atoms with Crippen molar-refractivity contribution in [2.45, 2.75) is 55.2 Å². The minimum atomic E-state index is -4.33. The molecular formula is C20H27O6PS2. The van der Waals surface area contributed by atoms with Gasteiger partial charge in [-0.05, 0) is 55.4 Å². The molecule has 6 nitrogen and oxygen atoms in total. The second-order valence-electron chi connectivity index (χ2n) is 6.86. The minimum absolute atomic E-state index is 0.184. The van der Waals surface area contributed by atoms with Gasteiger partial charge in [0.15, 0.2) is 0 Å². The molecule has 0 saturated carbocycles. The maximum absolute atomic E-state index is 11.5. The molecule has 0 unspecified atom stereocenters. The molecule has 0 radical (unpaired) electrons. The van der Waals surface area contributed by atoms with Crippen LogP contribution in [0.3, 0.4) is 0 Å². The van der Waals surface area contributed by atoms with E-state index in [1.165, 1.54) is 37.1 Å². The molecule has 160 valence electrons. The maximum atomic E-state index is 11.5. The topological polar surface area (TPSA) is 109 Å². The molecule has 2 rings (SSSR count). The summed E-state index contributed by atoms with van der Waals surface area (Å²) < 4.78 is 64.9. The highest BCUT2D eigenvalue weighted by Crippen LogP contribution is 2.36. The van der Waals surface area contributed by atoms with Crippen molar-refractivity contribution in [3.8, 4) is 0 Å². The van der Waals surface area contributed by atoms with E-state index in [0.717, 1.165) is 42.5 Å². The van der Waals surface area contributed by atoms with Crippen LogP contribution in [0.15, 0.2) is 58.3 Å². The van der Waals surface area contributed by atoms with Crippen molar-refractivity contribution in [2.75, 3.05) is 6.16 Å². The first kappa shape index (κ1) is 24.0. The van der Waals surface area contributed by atoms with Gasteiger partial charge in [-0.2, -0.15) is 16.8 Å². The summed E-state index contributed by atoms with van der Waals surface area (Å²) in [5.74, 6) is 0. The Kier molecular flexibility index (Phi) is 8.79. The molecule has 0 spiro atoms. The molecule has 0 bridgehead atoms. The van der Waals surface area contributed by atoms with E-state index in [9.17, 15) is 25.9 Å². The largest absolute Gasteiger partial charge is 0.294 e. The Morgan fingerprint density at radius 3 is 1.62 bits per heavy atom. The summed E-state index contributed by atoms with van der Waals surface area (Å²) in [6.07, 6.45) is 7.36. The highest BCUT2D eigenvalue weighted by molar-refractivity contribution is 7.86. The van der Waals surface area contributed by atoms with Gasteiger partial charge in [-0.15, -0.1) is 0 Å². The smallest absolute Gasteiger partial charge is 0.282 e. The van der Waals surface area contributed by atoms with Crippen LogP contribution in [-0.2, 0) is 20.2 Å². The zero-order valence-electron chi connectivity index (χ0n) is 16.4. The summed E-state index contributed by atoms with van der Waals surface area (Å²) in [6.45, 7) is 2.16. The first-order valence-electron chi connectivity index (χ1n) is 9.55. The molecule has 2 aromatic carbocycles. The Balaban J connectivity index is 2.34. The van der Waals surface area contributed by atoms with Gasteiger partial charge in [-0.1, -0.05) is 63.3 Å². The number of hydrogen-bond donors (Lipinski definition) is 2. The van der Waals surface area contributed by atoms with Gasteiger partial charge in [0.2, 0.25) is 0 Å². The van der Waals surface area contributed by atoms with Crippen molar-refractivity contribution in [1.29, 1.82) is 0 Å². The molecule has 0 heterocycles. The molecule has 29 heavy (non-hydrogen) atoms. The van der Waals surface area contributed by atoms with Crippen LogP contribution in [-0.4, -0.2) is 32.1 Å². The molecule has 2 aromatic rings. The second kappa shape index (κ2) is 10.6. The molecule has 0 aliphatic rings. The van der Waals surface area contributed by atoms with Crippen LogP contribution in [0.5, 0.6) is 0 Å². The van der Waals surface area contributed by atoms with Crippen molar-refractivity contribution in [3.05, 3.63) is 48.5 Å². The van der Waals surface area contributed by atoms with E-state index in [1.807, 2.05) is 0 Å². The number of benzene rings is 2. The Bertz CT molecular complexity index is 943. The van der Waals surface area contributed by atoms with E-state index in [0.29, 0.717) is 0 Å². The standard InChI is InChI=1S/C20H27O6PS2/c1-2-3-4-5-6-7-14-27(17-10-8-12-19(15-17)28(21,22)23)18-11-9-13-20(16-18)29(24,25)26/h8-13,15-16H,2-7,14H2,1H3,(H,21,22,23)(H,24,25,26). The van der Waals surface area contributed by atoms with Crippen LogP contribution in [0.2, 0.25) is 0 Å². The van der Waals surface area contributed by atoms with Crippen molar-refractivity contribution < 1.29 is 25.9 Å². The van der Waals surface area contributed by atoms with Crippen LogP contribution in [0.4, 0.5) is 0 Å². The zero-order chi connectivity index (χ0) is 21.5. The quantitative estimate of drug-likeness (QED) is 0.300. The van der Waals surface area contributed by atoms with Crippen molar-refractivity contribution in [3.63, 3.8) is 0 Å². The average Bonchev–Trinajstić information content (AvgIpc) is 2.66. The van der Waals surface area contributed by atoms with Gasteiger partial charge in [0.25, 0.3) is 20.2 Å². The first-order chi connectivity index (χ1) is 13.6. The molecule has 0 saturated heterocycles. The predicted octanol–water partition coefficient (Wildman–Crippen LogP) is 3.97. The number of rotatable bonds is 11. The Morgan fingerprint density at radius 2 is 1.17 bits per heavy atom.